The molecule has 2 aliphatic rings. The molecule has 3 rings (SSSR count). The van der Waals surface area contributed by atoms with Gasteiger partial charge in [-0.15, -0.1) is 23.2 Å². The number of rotatable bonds is 4. The lowest BCUT2D eigenvalue weighted by Crippen LogP contribution is -2.45. The second-order valence-electron chi connectivity index (χ2n) is 6.88. The monoisotopic (exact) mass is 402 g/mol. The van der Waals surface area contributed by atoms with Gasteiger partial charge in [-0.2, -0.15) is 0 Å². The molecule has 2 atom stereocenters. The first-order chi connectivity index (χ1) is 12.5. The molecule has 26 heavy (non-hydrogen) atoms. The Bertz CT molecular complexity index is 539. The minimum absolute atomic E-state index is 0.0547. The number of carboxylic acid groups (broad SMARTS) is 1. The van der Waals surface area contributed by atoms with Crippen molar-refractivity contribution in [3.8, 4) is 0 Å². The number of benzene rings is 1. The maximum absolute atomic E-state index is 10.7. The Kier molecular flexibility index (Phi) is 8.99. The number of alkyl halides is 2. The van der Waals surface area contributed by atoms with Crippen molar-refractivity contribution >= 4 is 29.3 Å². The van der Waals surface area contributed by atoms with Crippen LogP contribution in [0.3, 0.4) is 0 Å². The third-order valence-electron chi connectivity index (χ3n) is 4.91. The summed E-state index contributed by atoms with van der Waals surface area (Å²) in [5, 5.41) is 18.3. The summed E-state index contributed by atoms with van der Waals surface area (Å²) in [6, 6.07) is 10.6. The van der Waals surface area contributed by atoms with Gasteiger partial charge in [0.05, 0.1) is 11.5 Å². The highest BCUT2D eigenvalue weighted by atomic mass is 35.5. The number of likely N-dealkylation sites (tertiary alicyclic amines) is 2. The Morgan fingerprint density at radius 3 is 2.31 bits per heavy atom. The number of β-amino-alcohol motifs (C(OH)–C–C–N with tert-alkyl or cyclic N) is 1. The van der Waals surface area contributed by atoms with Crippen LogP contribution in [0.15, 0.2) is 30.3 Å². The maximum atomic E-state index is 10.7. The molecular weight excluding hydrogens is 375 g/mol. The zero-order valence-corrected chi connectivity index (χ0v) is 16.4. The molecule has 0 radical (unpaired) electrons. The topological polar surface area (TPSA) is 64.0 Å². The van der Waals surface area contributed by atoms with E-state index in [0.717, 1.165) is 38.8 Å². The first kappa shape index (κ1) is 21.3. The van der Waals surface area contributed by atoms with Gasteiger partial charge in [0.2, 0.25) is 0 Å². The highest BCUT2D eigenvalue weighted by molar-refractivity contribution is 6.28. The number of halogens is 2. The number of amides is 1. The molecule has 0 saturated carbocycles. The Balaban J connectivity index is 0.000000197. The summed E-state index contributed by atoms with van der Waals surface area (Å²) in [5.74, 6) is 0.510. The van der Waals surface area contributed by atoms with E-state index in [1.165, 1.54) is 10.5 Å². The second-order valence-corrected chi connectivity index (χ2v) is 7.81. The van der Waals surface area contributed by atoms with Gasteiger partial charge < -0.3 is 15.1 Å². The molecule has 2 fully saturated rings. The van der Waals surface area contributed by atoms with Crippen molar-refractivity contribution in [1.29, 1.82) is 0 Å². The highest BCUT2D eigenvalue weighted by Gasteiger charge is 2.30. The van der Waals surface area contributed by atoms with Gasteiger partial charge in [0.15, 0.2) is 0 Å². The van der Waals surface area contributed by atoms with Crippen LogP contribution in [-0.2, 0) is 6.42 Å². The van der Waals surface area contributed by atoms with Crippen LogP contribution in [0.4, 0.5) is 4.79 Å². The molecule has 0 bridgehead atoms. The minimum Gasteiger partial charge on any atom is -0.465 e. The molecule has 2 N–H and O–H groups in total. The third-order valence-corrected chi connectivity index (χ3v) is 5.75. The lowest BCUT2D eigenvalue weighted by molar-refractivity contribution is 0.0962. The Morgan fingerprint density at radius 2 is 1.81 bits per heavy atom. The summed E-state index contributed by atoms with van der Waals surface area (Å²) in [5.41, 5.74) is 1.24. The largest absolute Gasteiger partial charge is 0.465 e. The molecule has 0 aromatic heterocycles. The van der Waals surface area contributed by atoms with Gasteiger partial charge in [-0.25, -0.2) is 4.79 Å². The van der Waals surface area contributed by atoms with E-state index < -0.39 is 6.09 Å². The van der Waals surface area contributed by atoms with Crippen molar-refractivity contribution in [3.05, 3.63) is 35.9 Å². The Hall–Kier alpha value is -1.01. The van der Waals surface area contributed by atoms with Crippen molar-refractivity contribution in [1.82, 2.24) is 9.80 Å². The molecule has 2 heterocycles. The zero-order valence-electron chi connectivity index (χ0n) is 14.9. The standard InChI is InChI=1S/C10H18N2O3.C9H10Cl2/c13-9-3-6-12(7-9)8-1-4-11(5-2-8)10(14)15;10-7-9(11)6-8-4-2-1-3-5-8/h8-9,13H,1-7H2,(H,14,15);1-5,9H,6-7H2/t9-;/m0./s1. The summed E-state index contributed by atoms with van der Waals surface area (Å²) >= 11 is 11.4. The van der Waals surface area contributed by atoms with E-state index in [9.17, 15) is 9.90 Å². The molecule has 2 aliphatic heterocycles. The quantitative estimate of drug-likeness (QED) is 0.758. The summed E-state index contributed by atoms with van der Waals surface area (Å²) in [6.07, 6.45) is 2.53. The molecular formula is C19H28Cl2N2O3. The number of aliphatic hydroxyl groups is 1. The first-order valence-electron chi connectivity index (χ1n) is 9.13. The molecule has 1 amide bonds. The van der Waals surface area contributed by atoms with Gasteiger partial charge in [0.25, 0.3) is 0 Å². The molecule has 1 aromatic carbocycles. The van der Waals surface area contributed by atoms with Crippen molar-refractivity contribution in [2.75, 3.05) is 32.1 Å². The van der Waals surface area contributed by atoms with E-state index in [2.05, 4.69) is 17.0 Å². The molecule has 0 spiro atoms. The number of piperidine rings is 1. The van der Waals surface area contributed by atoms with Crippen LogP contribution in [0.2, 0.25) is 0 Å². The molecule has 0 aliphatic carbocycles. The van der Waals surface area contributed by atoms with Crippen molar-refractivity contribution in [2.45, 2.75) is 43.2 Å². The smallest absolute Gasteiger partial charge is 0.407 e. The predicted molar refractivity (Wildman–Crippen MR) is 105 cm³/mol. The minimum atomic E-state index is -0.810. The van der Waals surface area contributed by atoms with E-state index in [0.29, 0.717) is 25.0 Å². The fourth-order valence-electron chi connectivity index (χ4n) is 3.45. The maximum Gasteiger partial charge on any atom is 0.407 e. The number of hydrogen-bond acceptors (Lipinski definition) is 3. The number of aliphatic hydroxyl groups excluding tert-OH is 1. The summed E-state index contributed by atoms with van der Waals surface area (Å²) in [7, 11) is 0. The van der Waals surface area contributed by atoms with Crippen LogP contribution in [0.5, 0.6) is 0 Å². The van der Waals surface area contributed by atoms with Crippen molar-refractivity contribution < 1.29 is 15.0 Å². The lowest BCUT2D eigenvalue weighted by atomic mass is 10.0. The van der Waals surface area contributed by atoms with E-state index in [-0.39, 0.29) is 11.5 Å². The van der Waals surface area contributed by atoms with Gasteiger partial charge in [0.1, 0.15) is 0 Å². The Morgan fingerprint density at radius 1 is 1.15 bits per heavy atom. The van der Waals surface area contributed by atoms with Gasteiger partial charge in [-0.1, -0.05) is 30.3 Å². The van der Waals surface area contributed by atoms with Crippen LogP contribution in [0.1, 0.15) is 24.8 Å². The lowest BCUT2D eigenvalue weighted by Gasteiger charge is -2.35. The average Bonchev–Trinajstić information content (AvgIpc) is 3.09. The predicted octanol–water partition coefficient (Wildman–Crippen LogP) is 3.27. The SMILES string of the molecule is ClCC(Cl)Cc1ccccc1.O=C(O)N1CCC(N2CC[C@H](O)C2)CC1. The molecule has 2 saturated heterocycles. The van der Waals surface area contributed by atoms with E-state index in [4.69, 9.17) is 28.3 Å². The van der Waals surface area contributed by atoms with Crippen LogP contribution >= 0.6 is 23.2 Å². The fourth-order valence-corrected chi connectivity index (χ4v) is 3.73. The number of carbonyl (C=O) groups is 1. The van der Waals surface area contributed by atoms with Crippen LogP contribution in [0.25, 0.3) is 0 Å². The van der Waals surface area contributed by atoms with Gasteiger partial charge >= 0.3 is 6.09 Å². The van der Waals surface area contributed by atoms with Crippen molar-refractivity contribution in [3.63, 3.8) is 0 Å². The van der Waals surface area contributed by atoms with Crippen LogP contribution in [0, 0.1) is 0 Å². The zero-order chi connectivity index (χ0) is 18.9. The molecule has 5 nitrogen and oxygen atoms in total. The van der Waals surface area contributed by atoms with Gasteiger partial charge in [0, 0.05) is 38.1 Å². The van der Waals surface area contributed by atoms with Crippen LogP contribution < -0.4 is 0 Å². The summed E-state index contributed by atoms with van der Waals surface area (Å²) < 4.78 is 0. The number of nitrogens with zero attached hydrogens (tertiary/aromatic N) is 2. The highest BCUT2D eigenvalue weighted by Crippen LogP contribution is 2.21. The molecule has 1 aromatic rings. The molecule has 146 valence electrons. The van der Waals surface area contributed by atoms with Gasteiger partial charge in [-0.3, -0.25) is 4.90 Å². The van der Waals surface area contributed by atoms with E-state index in [1.54, 1.807) is 0 Å². The second kappa shape index (κ2) is 11.0. The van der Waals surface area contributed by atoms with Gasteiger partial charge in [-0.05, 0) is 31.2 Å². The first-order valence-corrected chi connectivity index (χ1v) is 10.1. The number of hydrogen-bond donors (Lipinski definition) is 2. The normalized spacial score (nSPS) is 22.6. The molecule has 7 heteroatoms. The summed E-state index contributed by atoms with van der Waals surface area (Å²) in [4.78, 5) is 14.5. The fraction of sp³-hybridized carbons (Fsp3) is 0.632. The van der Waals surface area contributed by atoms with E-state index in [1.807, 2.05) is 18.2 Å². The summed E-state index contributed by atoms with van der Waals surface area (Å²) in [6.45, 7) is 2.98. The van der Waals surface area contributed by atoms with Crippen molar-refractivity contribution in [2.24, 2.45) is 0 Å². The third kappa shape index (κ3) is 6.95. The van der Waals surface area contributed by atoms with E-state index >= 15 is 0 Å². The molecule has 1 unspecified atom stereocenters. The Labute approximate surface area is 165 Å². The average molecular weight is 403 g/mol. The van der Waals surface area contributed by atoms with Crippen LogP contribution in [-0.4, -0.2) is 75.7 Å².